The summed E-state index contributed by atoms with van der Waals surface area (Å²) in [5, 5.41) is 0.802. The monoisotopic (exact) mass is 239 g/mol. The molecule has 1 unspecified atom stereocenters. The summed E-state index contributed by atoms with van der Waals surface area (Å²) in [6.45, 7) is 2.23. The molecule has 0 aliphatic heterocycles. The maximum atomic E-state index is 6.09. The summed E-state index contributed by atoms with van der Waals surface area (Å²) in [6.07, 6.45) is 7.21. The average molecular weight is 240 g/mol. The van der Waals surface area contributed by atoms with E-state index in [1.165, 1.54) is 31.2 Å². The van der Waals surface area contributed by atoms with Gasteiger partial charge in [0.05, 0.1) is 0 Å². The highest BCUT2D eigenvalue weighted by Gasteiger charge is 2.04. The molecule has 0 bridgehead atoms. The number of hydrogen-bond donors (Lipinski definition) is 1. The molecule has 1 atom stereocenters. The molecule has 0 heterocycles. The van der Waals surface area contributed by atoms with E-state index in [9.17, 15) is 0 Å². The lowest BCUT2D eigenvalue weighted by molar-refractivity contribution is 0.546. The molecule has 0 spiro atoms. The first-order valence-corrected chi connectivity index (χ1v) is 6.60. The van der Waals surface area contributed by atoms with Crippen molar-refractivity contribution in [3.8, 4) is 0 Å². The van der Waals surface area contributed by atoms with E-state index < -0.39 is 0 Å². The Hall–Kier alpha value is -0.530. The van der Waals surface area contributed by atoms with Crippen molar-refractivity contribution < 1.29 is 0 Å². The van der Waals surface area contributed by atoms with Gasteiger partial charge in [-0.1, -0.05) is 56.3 Å². The third kappa shape index (κ3) is 5.53. The molecule has 0 fully saturated rings. The van der Waals surface area contributed by atoms with E-state index in [4.69, 9.17) is 17.3 Å². The van der Waals surface area contributed by atoms with Crippen molar-refractivity contribution in [1.29, 1.82) is 0 Å². The number of benzene rings is 1. The lowest BCUT2D eigenvalue weighted by atomic mass is 10.0. The molecule has 0 amide bonds. The topological polar surface area (TPSA) is 26.0 Å². The molecule has 0 saturated heterocycles. The molecular formula is C14H22ClN. The minimum atomic E-state index is 0.273. The van der Waals surface area contributed by atoms with Crippen LogP contribution < -0.4 is 5.73 Å². The second-order valence-electron chi connectivity index (χ2n) is 4.44. The third-order valence-electron chi connectivity index (χ3n) is 2.82. The van der Waals surface area contributed by atoms with Gasteiger partial charge in [0, 0.05) is 11.1 Å². The Kier molecular flexibility index (Phi) is 6.51. The second-order valence-corrected chi connectivity index (χ2v) is 4.88. The molecule has 16 heavy (non-hydrogen) atoms. The minimum Gasteiger partial charge on any atom is -0.327 e. The number of nitrogens with two attached hydrogens (primary N) is 1. The van der Waals surface area contributed by atoms with Crippen LogP contribution in [0.1, 0.15) is 44.6 Å². The molecular weight excluding hydrogens is 218 g/mol. The van der Waals surface area contributed by atoms with Crippen molar-refractivity contribution in [1.82, 2.24) is 0 Å². The zero-order chi connectivity index (χ0) is 11.8. The van der Waals surface area contributed by atoms with E-state index in [2.05, 4.69) is 13.0 Å². The van der Waals surface area contributed by atoms with Crippen molar-refractivity contribution in [3.05, 3.63) is 34.9 Å². The van der Waals surface area contributed by atoms with Crippen LogP contribution in [0.25, 0.3) is 0 Å². The predicted octanol–water partition coefficient (Wildman–Crippen LogP) is 4.18. The Morgan fingerprint density at radius 3 is 2.75 bits per heavy atom. The summed E-state index contributed by atoms with van der Waals surface area (Å²) in [5.74, 6) is 0. The smallest absolute Gasteiger partial charge is 0.0408 e. The SMILES string of the molecule is CCCCCCC(N)Cc1cccc(Cl)c1. The molecule has 0 radical (unpaired) electrons. The first-order chi connectivity index (χ1) is 7.72. The van der Waals surface area contributed by atoms with E-state index >= 15 is 0 Å². The standard InChI is InChI=1S/C14H22ClN/c1-2-3-4-5-9-14(16)11-12-7-6-8-13(15)10-12/h6-8,10,14H,2-5,9,11,16H2,1H3. The second kappa shape index (κ2) is 7.70. The fourth-order valence-corrected chi connectivity index (χ4v) is 2.11. The quantitative estimate of drug-likeness (QED) is 0.710. The summed E-state index contributed by atoms with van der Waals surface area (Å²) in [6, 6.07) is 8.26. The van der Waals surface area contributed by atoms with Gasteiger partial charge in [0.2, 0.25) is 0 Å². The molecule has 90 valence electrons. The first-order valence-electron chi connectivity index (χ1n) is 6.22. The Morgan fingerprint density at radius 1 is 1.25 bits per heavy atom. The van der Waals surface area contributed by atoms with Gasteiger partial charge in [-0.05, 0) is 30.5 Å². The lowest BCUT2D eigenvalue weighted by Crippen LogP contribution is -2.22. The first kappa shape index (κ1) is 13.5. The largest absolute Gasteiger partial charge is 0.327 e. The van der Waals surface area contributed by atoms with Crippen molar-refractivity contribution in [3.63, 3.8) is 0 Å². The fourth-order valence-electron chi connectivity index (χ4n) is 1.90. The maximum Gasteiger partial charge on any atom is 0.0408 e. The lowest BCUT2D eigenvalue weighted by Gasteiger charge is -2.11. The summed E-state index contributed by atoms with van der Waals surface area (Å²) in [5.41, 5.74) is 7.34. The van der Waals surface area contributed by atoms with Crippen molar-refractivity contribution >= 4 is 11.6 Å². The van der Waals surface area contributed by atoms with Gasteiger partial charge < -0.3 is 5.73 Å². The molecule has 1 aromatic rings. The molecule has 2 heteroatoms. The van der Waals surface area contributed by atoms with Crippen molar-refractivity contribution in [2.45, 2.75) is 51.5 Å². The summed E-state index contributed by atoms with van der Waals surface area (Å²) in [4.78, 5) is 0. The van der Waals surface area contributed by atoms with Gasteiger partial charge in [0.1, 0.15) is 0 Å². The fraction of sp³-hybridized carbons (Fsp3) is 0.571. The molecule has 0 aromatic heterocycles. The van der Waals surface area contributed by atoms with Crippen LogP contribution in [0.15, 0.2) is 24.3 Å². The molecule has 0 aliphatic carbocycles. The van der Waals surface area contributed by atoms with Gasteiger partial charge in [0.15, 0.2) is 0 Å². The van der Waals surface area contributed by atoms with Crippen LogP contribution in [0.2, 0.25) is 5.02 Å². The summed E-state index contributed by atoms with van der Waals surface area (Å²) >= 11 is 5.93. The number of unbranched alkanes of at least 4 members (excludes halogenated alkanes) is 3. The van der Waals surface area contributed by atoms with E-state index in [1.807, 2.05) is 18.2 Å². The van der Waals surface area contributed by atoms with Crippen LogP contribution in [-0.2, 0) is 6.42 Å². The van der Waals surface area contributed by atoms with Gasteiger partial charge >= 0.3 is 0 Å². The molecule has 1 aromatic carbocycles. The number of halogens is 1. The van der Waals surface area contributed by atoms with Gasteiger partial charge in [-0.2, -0.15) is 0 Å². The molecule has 1 rings (SSSR count). The molecule has 2 N–H and O–H groups in total. The van der Waals surface area contributed by atoms with Gasteiger partial charge in [0.25, 0.3) is 0 Å². The highest BCUT2D eigenvalue weighted by Crippen LogP contribution is 2.14. The van der Waals surface area contributed by atoms with Gasteiger partial charge in [-0.15, -0.1) is 0 Å². The van der Waals surface area contributed by atoms with E-state index in [0.29, 0.717) is 0 Å². The van der Waals surface area contributed by atoms with E-state index in [0.717, 1.165) is 17.9 Å². The van der Waals surface area contributed by atoms with Crippen LogP contribution in [0.5, 0.6) is 0 Å². The molecule has 1 nitrogen and oxygen atoms in total. The Morgan fingerprint density at radius 2 is 2.06 bits per heavy atom. The van der Waals surface area contributed by atoms with Crippen LogP contribution in [0.4, 0.5) is 0 Å². The molecule has 0 aliphatic rings. The molecule has 0 saturated carbocycles. The van der Waals surface area contributed by atoms with Gasteiger partial charge in [-0.25, -0.2) is 0 Å². The number of hydrogen-bond acceptors (Lipinski definition) is 1. The normalized spacial score (nSPS) is 12.7. The van der Waals surface area contributed by atoms with Crippen LogP contribution in [-0.4, -0.2) is 6.04 Å². The minimum absolute atomic E-state index is 0.273. The summed E-state index contributed by atoms with van der Waals surface area (Å²) in [7, 11) is 0. The number of rotatable bonds is 7. The van der Waals surface area contributed by atoms with Gasteiger partial charge in [-0.3, -0.25) is 0 Å². The predicted molar refractivity (Wildman–Crippen MR) is 71.9 cm³/mol. The van der Waals surface area contributed by atoms with E-state index in [1.54, 1.807) is 0 Å². The van der Waals surface area contributed by atoms with Crippen molar-refractivity contribution in [2.75, 3.05) is 0 Å². The highest BCUT2D eigenvalue weighted by atomic mass is 35.5. The van der Waals surface area contributed by atoms with Crippen LogP contribution in [0.3, 0.4) is 0 Å². The maximum absolute atomic E-state index is 6.09. The van der Waals surface area contributed by atoms with Crippen LogP contribution >= 0.6 is 11.6 Å². The Bertz CT molecular complexity index is 299. The van der Waals surface area contributed by atoms with Crippen molar-refractivity contribution in [2.24, 2.45) is 5.73 Å². The zero-order valence-corrected chi connectivity index (χ0v) is 10.8. The highest BCUT2D eigenvalue weighted by molar-refractivity contribution is 6.30. The average Bonchev–Trinajstić information content (AvgIpc) is 2.24. The van der Waals surface area contributed by atoms with Crippen LogP contribution in [0, 0.1) is 0 Å². The zero-order valence-electron chi connectivity index (χ0n) is 10.1. The Labute approximate surface area is 104 Å². The van der Waals surface area contributed by atoms with E-state index in [-0.39, 0.29) is 6.04 Å². The summed E-state index contributed by atoms with van der Waals surface area (Å²) < 4.78 is 0. The Balaban J connectivity index is 2.25. The third-order valence-corrected chi connectivity index (χ3v) is 3.05.